The molecule has 0 spiro atoms. The molecule has 0 atom stereocenters. The molecule has 0 aliphatic rings. The van der Waals surface area contributed by atoms with Gasteiger partial charge in [-0.25, -0.2) is 13.6 Å². The Hall–Kier alpha value is -1.65. The maximum Gasteiger partial charge on any atom is 0.319 e. The summed E-state index contributed by atoms with van der Waals surface area (Å²) >= 11 is 0. The largest absolute Gasteiger partial charge is 0.338 e. The van der Waals surface area contributed by atoms with Gasteiger partial charge in [0, 0.05) is 12.6 Å². The van der Waals surface area contributed by atoms with Crippen LogP contribution in [0.25, 0.3) is 0 Å². The van der Waals surface area contributed by atoms with Crippen molar-refractivity contribution < 1.29 is 13.6 Å². The molecule has 17 heavy (non-hydrogen) atoms. The molecule has 0 aliphatic carbocycles. The molecule has 0 bridgehead atoms. The first-order valence-electron chi connectivity index (χ1n) is 5.63. The summed E-state index contributed by atoms with van der Waals surface area (Å²) in [5.74, 6) is -1.45. The van der Waals surface area contributed by atoms with Gasteiger partial charge >= 0.3 is 6.03 Å². The van der Waals surface area contributed by atoms with Crippen LogP contribution in [0.15, 0.2) is 18.2 Å². The van der Waals surface area contributed by atoms with Crippen molar-refractivity contribution >= 4 is 11.7 Å². The highest BCUT2D eigenvalue weighted by molar-refractivity contribution is 5.89. The predicted octanol–water partition coefficient (Wildman–Crippen LogP) is 3.28. The fourth-order valence-electron chi connectivity index (χ4n) is 1.33. The van der Waals surface area contributed by atoms with E-state index in [1.54, 1.807) is 0 Å². The second kappa shape index (κ2) is 6.83. The third-order valence-corrected chi connectivity index (χ3v) is 2.25. The van der Waals surface area contributed by atoms with Crippen LogP contribution < -0.4 is 10.6 Å². The third kappa shape index (κ3) is 4.80. The molecule has 0 aliphatic heterocycles. The van der Waals surface area contributed by atoms with Gasteiger partial charge in [0.15, 0.2) is 0 Å². The predicted molar refractivity (Wildman–Crippen MR) is 62.9 cm³/mol. The number of halogens is 2. The van der Waals surface area contributed by atoms with E-state index in [0.29, 0.717) is 6.54 Å². The minimum atomic E-state index is -0.784. The minimum Gasteiger partial charge on any atom is -0.338 e. The average molecular weight is 242 g/mol. The van der Waals surface area contributed by atoms with Gasteiger partial charge in [-0.2, -0.15) is 0 Å². The van der Waals surface area contributed by atoms with Gasteiger partial charge in [-0.1, -0.05) is 19.8 Å². The highest BCUT2D eigenvalue weighted by Crippen LogP contribution is 2.14. The molecule has 1 rings (SSSR count). The molecule has 0 fully saturated rings. The van der Waals surface area contributed by atoms with E-state index in [-0.39, 0.29) is 5.69 Å². The Morgan fingerprint density at radius 3 is 2.71 bits per heavy atom. The molecular formula is C12H16F2N2O. The van der Waals surface area contributed by atoms with Crippen LogP contribution in [0.5, 0.6) is 0 Å². The lowest BCUT2D eigenvalue weighted by atomic mass is 10.2. The highest BCUT2D eigenvalue weighted by Gasteiger charge is 2.06. The Bertz CT molecular complexity index is 383. The van der Waals surface area contributed by atoms with Crippen molar-refractivity contribution in [3.8, 4) is 0 Å². The molecule has 2 N–H and O–H groups in total. The molecule has 2 amide bonds. The number of anilines is 1. The van der Waals surface area contributed by atoms with Gasteiger partial charge in [0.05, 0.1) is 5.69 Å². The molecule has 1 aromatic carbocycles. The smallest absolute Gasteiger partial charge is 0.319 e. The van der Waals surface area contributed by atoms with E-state index in [1.165, 1.54) is 6.07 Å². The molecule has 3 nitrogen and oxygen atoms in total. The number of hydrogen-bond acceptors (Lipinski definition) is 1. The van der Waals surface area contributed by atoms with Crippen molar-refractivity contribution in [1.29, 1.82) is 0 Å². The van der Waals surface area contributed by atoms with Gasteiger partial charge in [-0.05, 0) is 18.6 Å². The van der Waals surface area contributed by atoms with Crippen molar-refractivity contribution in [3.63, 3.8) is 0 Å². The van der Waals surface area contributed by atoms with Crippen LogP contribution in [0.2, 0.25) is 0 Å². The summed E-state index contributed by atoms with van der Waals surface area (Å²) in [5.41, 5.74) is -0.0283. The van der Waals surface area contributed by atoms with E-state index >= 15 is 0 Å². The van der Waals surface area contributed by atoms with Crippen molar-refractivity contribution in [2.75, 3.05) is 11.9 Å². The van der Waals surface area contributed by atoms with Crippen molar-refractivity contribution in [2.24, 2.45) is 0 Å². The fourth-order valence-corrected chi connectivity index (χ4v) is 1.33. The van der Waals surface area contributed by atoms with E-state index in [0.717, 1.165) is 31.4 Å². The molecule has 0 heterocycles. The first-order chi connectivity index (χ1) is 8.13. The molecule has 5 heteroatoms. The zero-order valence-corrected chi connectivity index (χ0v) is 9.72. The van der Waals surface area contributed by atoms with Gasteiger partial charge in [0.25, 0.3) is 0 Å². The lowest BCUT2D eigenvalue weighted by molar-refractivity contribution is 0.251. The van der Waals surface area contributed by atoms with Gasteiger partial charge < -0.3 is 10.6 Å². The molecule has 0 saturated heterocycles. The Morgan fingerprint density at radius 1 is 1.29 bits per heavy atom. The van der Waals surface area contributed by atoms with Crippen LogP contribution in [-0.2, 0) is 0 Å². The number of nitrogens with one attached hydrogen (secondary N) is 2. The Morgan fingerprint density at radius 2 is 2.06 bits per heavy atom. The molecular weight excluding hydrogens is 226 g/mol. The van der Waals surface area contributed by atoms with Gasteiger partial charge in [-0.3, -0.25) is 0 Å². The summed E-state index contributed by atoms with van der Waals surface area (Å²) < 4.78 is 25.8. The molecule has 1 aromatic rings. The molecule has 0 aromatic heterocycles. The average Bonchev–Trinajstić information content (AvgIpc) is 2.28. The maximum atomic E-state index is 13.2. The summed E-state index contributed by atoms with van der Waals surface area (Å²) in [6.07, 6.45) is 2.98. The molecule has 0 radical (unpaired) electrons. The monoisotopic (exact) mass is 242 g/mol. The summed E-state index contributed by atoms with van der Waals surface area (Å²) in [6, 6.07) is 2.53. The van der Waals surface area contributed by atoms with E-state index in [1.807, 2.05) is 0 Å². The zero-order chi connectivity index (χ0) is 12.7. The van der Waals surface area contributed by atoms with Crippen LogP contribution >= 0.6 is 0 Å². The third-order valence-electron chi connectivity index (χ3n) is 2.25. The number of benzene rings is 1. The molecule has 94 valence electrons. The summed E-state index contributed by atoms with van der Waals surface area (Å²) in [6.45, 7) is 2.61. The Balaban J connectivity index is 2.40. The van der Waals surface area contributed by atoms with E-state index in [9.17, 15) is 13.6 Å². The lowest BCUT2D eigenvalue weighted by Gasteiger charge is -2.08. The van der Waals surface area contributed by atoms with Crippen molar-refractivity contribution in [2.45, 2.75) is 26.2 Å². The van der Waals surface area contributed by atoms with Crippen LogP contribution in [0.1, 0.15) is 26.2 Å². The van der Waals surface area contributed by atoms with E-state index in [4.69, 9.17) is 0 Å². The number of urea groups is 1. The standard InChI is InChI=1S/C12H16F2N2O/c1-2-3-4-7-15-12(17)16-11-6-5-9(13)8-10(11)14/h5-6,8H,2-4,7H2,1H3,(H2,15,16,17). The quantitative estimate of drug-likeness (QED) is 0.764. The fraction of sp³-hybridized carbons (Fsp3) is 0.417. The van der Waals surface area contributed by atoms with Crippen LogP contribution in [-0.4, -0.2) is 12.6 Å². The normalized spacial score (nSPS) is 10.1. The highest BCUT2D eigenvalue weighted by atomic mass is 19.1. The van der Waals surface area contributed by atoms with Gasteiger partial charge in [-0.15, -0.1) is 0 Å². The van der Waals surface area contributed by atoms with Crippen LogP contribution in [0, 0.1) is 11.6 Å². The summed E-state index contributed by atoms with van der Waals surface area (Å²) in [5, 5.41) is 4.92. The SMILES string of the molecule is CCCCCNC(=O)Nc1ccc(F)cc1F. The number of carbonyl (C=O) groups is 1. The Kier molecular flexibility index (Phi) is 5.39. The van der Waals surface area contributed by atoms with Gasteiger partial charge in [0.1, 0.15) is 11.6 Å². The second-order valence-electron chi connectivity index (χ2n) is 3.71. The van der Waals surface area contributed by atoms with Gasteiger partial charge in [0.2, 0.25) is 0 Å². The van der Waals surface area contributed by atoms with Crippen LogP contribution in [0.4, 0.5) is 19.3 Å². The van der Waals surface area contributed by atoms with E-state index < -0.39 is 17.7 Å². The summed E-state index contributed by atoms with van der Waals surface area (Å²) in [4.78, 5) is 11.3. The molecule has 0 unspecified atom stereocenters. The summed E-state index contributed by atoms with van der Waals surface area (Å²) in [7, 11) is 0. The number of carbonyl (C=O) groups excluding carboxylic acids is 1. The topological polar surface area (TPSA) is 41.1 Å². The lowest BCUT2D eigenvalue weighted by Crippen LogP contribution is -2.29. The number of hydrogen-bond donors (Lipinski definition) is 2. The second-order valence-corrected chi connectivity index (χ2v) is 3.71. The first kappa shape index (κ1) is 13.4. The molecule has 0 saturated carbocycles. The van der Waals surface area contributed by atoms with Crippen molar-refractivity contribution in [3.05, 3.63) is 29.8 Å². The number of amides is 2. The minimum absolute atomic E-state index is 0.0283. The number of unbranched alkanes of at least 4 members (excludes halogenated alkanes) is 2. The maximum absolute atomic E-state index is 13.2. The van der Waals surface area contributed by atoms with Crippen molar-refractivity contribution in [1.82, 2.24) is 5.32 Å². The van der Waals surface area contributed by atoms with E-state index in [2.05, 4.69) is 17.6 Å². The number of rotatable bonds is 5. The first-order valence-corrected chi connectivity index (χ1v) is 5.63. The Labute approximate surface area is 99.2 Å². The zero-order valence-electron chi connectivity index (χ0n) is 9.72. The van der Waals surface area contributed by atoms with Crippen LogP contribution in [0.3, 0.4) is 0 Å².